The number of aliphatic hydroxyl groups is 1. The van der Waals surface area contributed by atoms with Gasteiger partial charge in [-0.3, -0.25) is 5.21 Å². The van der Waals surface area contributed by atoms with Crippen LogP contribution in [0.15, 0.2) is 12.1 Å². The molecular formula is C12H9Cl4N2O4-. The summed E-state index contributed by atoms with van der Waals surface area (Å²) in [5.41, 5.74) is -0.390. The molecule has 0 aliphatic rings. The Morgan fingerprint density at radius 1 is 1.27 bits per heavy atom. The van der Waals surface area contributed by atoms with E-state index in [1.54, 1.807) is 0 Å². The second-order valence-corrected chi connectivity index (χ2v) is 5.80. The third-order valence-electron chi connectivity index (χ3n) is 2.90. The van der Waals surface area contributed by atoms with Gasteiger partial charge in [-0.15, -0.1) is 0 Å². The molecule has 0 saturated heterocycles. The molecule has 22 heavy (non-hydrogen) atoms. The second kappa shape index (κ2) is 6.72. The van der Waals surface area contributed by atoms with Crippen LogP contribution < -0.4 is 9.96 Å². The van der Waals surface area contributed by atoms with Crippen molar-refractivity contribution in [1.29, 1.82) is 0 Å². The van der Waals surface area contributed by atoms with Crippen LogP contribution in [-0.4, -0.2) is 22.4 Å². The Morgan fingerprint density at radius 3 is 2.45 bits per heavy atom. The van der Waals surface area contributed by atoms with E-state index in [9.17, 15) is 10.3 Å². The van der Waals surface area contributed by atoms with E-state index in [0.29, 0.717) is 0 Å². The molecule has 0 spiro atoms. The van der Waals surface area contributed by atoms with Crippen LogP contribution in [0.4, 0.5) is 5.69 Å². The van der Waals surface area contributed by atoms with E-state index in [1.165, 1.54) is 19.2 Å². The molecule has 1 aromatic heterocycles. The number of aliphatic hydroxyl groups excluding tert-OH is 1. The van der Waals surface area contributed by atoms with E-state index in [-0.39, 0.29) is 37.2 Å². The number of H-pyrrole nitrogens is 1. The minimum atomic E-state index is -1.45. The average molecular weight is 387 g/mol. The van der Waals surface area contributed by atoms with Crippen molar-refractivity contribution < 1.29 is 15.1 Å². The van der Waals surface area contributed by atoms with Crippen molar-refractivity contribution in [3.8, 4) is 5.75 Å². The van der Waals surface area contributed by atoms with Crippen LogP contribution in [0.3, 0.4) is 0 Å². The Bertz CT molecular complexity index is 705. The first-order chi connectivity index (χ1) is 10.3. The Balaban J connectivity index is 2.63. The highest BCUT2D eigenvalue weighted by Crippen LogP contribution is 2.44. The Hall–Kier alpha value is -0.860. The van der Waals surface area contributed by atoms with Crippen molar-refractivity contribution in [2.45, 2.75) is 6.10 Å². The number of ether oxygens (including phenoxy) is 1. The summed E-state index contributed by atoms with van der Waals surface area (Å²) in [5.74, 6) is 0.154. The Morgan fingerprint density at radius 2 is 1.91 bits per heavy atom. The lowest BCUT2D eigenvalue weighted by Gasteiger charge is -2.24. The zero-order valence-corrected chi connectivity index (χ0v) is 13.9. The maximum Gasteiger partial charge on any atom is 0.143 e. The van der Waals surface area contributed by atoms with Crippen LogP contribution in [0.25, 0.3) is 0 Å². The van der Waals surface area contributed by atoms with Crippen molar-refractivity contribution in [3.05, 3.63) is 48.8 Å². The number of hydrogen-bond donors (Lipinski definition) is 3. The van der Waals surface area contributed by atoms with Gasteiger partial charge in [0.2, 0.25) is 0 Å². The van der Waals surface area contributed by atoms with Crippen molar-refractivity contribution >= 4 is 52.1 Å². The van der Waals surface area contributed by atoms with E-state index in [2.05, 4.69) is 4.98 Å². The maximum absolute atomic E-state index is 11.2. The van der Waals surface area contributed by atoms with Gasteiger partial charge in [-0.1, -0.05) is 46.4 Å². The fourth-order valence-corrected chi connectivity index (χ4v) is 2.99. The van der Waals surface area contributed by atoms with Crippen LogP contribution in [0, 0.1) is 5.21 Å². The summed E-state index contributed by atoms with van der Waals surface area (Å²) in [6, 6.07) is 2.83. The van der Waals surface area contributed by atoms with Gasteiger partial charge in [-0.25, -0.2) is 0 Å². The fourth-order valence-electron chi connectivity index (χ4n) is 1.99. The molecule has 0 aliphatic carbocycles. The number of hydrogen-bond acceptors (Lipinski definition) is 5. The molecule has 10 heteroatoms. The van der Waals surface area contributed by atoms with Crippen LogP contribution in [0.5, 0.6) is 5.75 Å². The number of anilines is 1. The van der Waals surface area contributed by atoms with Crippen LogP contribution in [0.2, 0.25) is 20.2 Å². The number of aromatic nitrogens is 1. The maximum atomic E-state index is 11.2. The molecule has 1 aromatic carbocycles. The van der Waals surface area contributed by atoms with Crippen LogP contribution in [-0.2, 0) is 0 Å². The number of aromatic amines is 1. The molecule has 1 unspecified atom stereocenters. The van der Waals surface area contributed by atoms with E-state index in [4.69, 9.17) is 56.3 Å². The quantitative estimate of drug-likeness (QED) is 0.676. The van der Waals surface area contributed by atoms with Crippen molar-refractivity contribution in [3.63, 3.8) is 0 Å². The van der Waals surface area contributed by atoms with E-state index in [1.807, 2.05) is 0 Å². The normalized spacial score (nSPS) is 12.4. The van der Waals surface area contributed by atoms with Crippen molar-refractivity contribution in [2.24, 2.45) is 0 Å². The highest BCUT2D eigenvalue weighted by molar-refractivity contribution is 6.43. The molecule has 2 aromatic rings. The minimum absolute atomic E-state index is 0.118. The zero-order valence-electron chi connectivity index (χ0n) is 10.9. The van der Waals surface area contributed by atoms with E-state index < -0.39 is 17.0 Å². The molecule has 120 valence electrons. The molecule has 1 heterocycles. The molecule has 2 rings (SSSR count). The summed E-state index contributed by atoms with van der Waals surface area (Å²) >= 11 is 23.5. The largest absolute Gasteiger partial charge is 0.733 e. The van der Waals surface area contributed by atoms with Crippen LogP contribution >= 0.6 is 46.4 Å². The van der Waals surface area contributed by atoms with Gasteiger partial charge in [0.15, 0.2) is 0 Å². The lowest BCUT2D eigenvalue weighted by Crippen LogP contribution is -2.12. The van der Waals surface area contributed by atoms with Gasteiger partial charge in [0, 0.05) is 10.6 Å². The predicted molar refractivity (Wildman–Crippen MR) is 85.5 cm³/mol. The summed E-state index contributed by atoms with van der Waals surface area (Å²) in [6.45, 7) is 0. The lowest BCUT2D eigenvalue weighted by molar-refractivity contribution is 0.208. The monoisotopic (exact) mass is 385 g/mol. The number of rotatable bonds is 4. The summed E-state index contributed by atoms with van der Waals surface area (Å²) < 4.78 is 5.13. The highest BCUT2D eigenvalue weighted by atomic mass is 35.5. The number of nitrogens with zero attached hydrogens (tertiary/aromatic N) is 1. The topological polar surface area (TPSA) is 91.8 Å². The van der Waals surface area contributed by atoms with Gasteiger partial charge in [0.05, 0.1) is 23.5 Å². The smallest absolute Gasteiger partial charge is 0.143 e. The molecular weight excluding hydrogens is 378 g/mol. The molecule has 0 saturated carbocycles. The van der Waals surface area contributed by atoms with Crippen molar-refractivity contribution in [2.75, 3.05) is 12.3 Å². The molecule has 0 radical (unpaired) electrons. The summed E-state index contributed by atoms with van der Waals surface area (Å²) in [7, 11) is 1.35. The molecule has 0 bridgehead atoms. The Kier molecular flexibility index (Phi) is 5.34. The highest BCUT2D eigenvalue weighted by Gasteiger charge is 2.26. The van der Waals surface area contributed by atoms with Crippen molar-refractivity contribution in [1.82, 2.24) is 4.98 Å². The summed E-state index contributed by atoms with van der Waals surface area (Å²) in [4.78, 5) is 2.52. The average Bonchev–Trinajstić information content (AvgIpc) is 2.73. The fraction of sp³-hybridized carbons (Fsp3) is 0.167. The van der Waals surface area contributed by atoms with Gasteiger partial charge in [-0.05, 0) is 12.1 Å². The molecule has 0 fully saturated rings. The first-order valence-corrected chi connectivity index (χ1v) is 7.23. The molecule has 0 aliphatic heterocycles. The number of halogens is 4. The van der Waals surface area contributed by atoms with E-state index >= 15 is 0 Å². The van der Waals surface area contributed by atoms with Gasteiger partial charge in [-0.2, -0.15) is 0 Å². The number of methoxy groups -OCH3 is 1. The lowest BCUT2D eigenvalue weighted by atomic mass is 10.0. The predicted octanol–water partition coefficient (Wildman–Crippen LogP) is 4.41. The minimum Gasteiger partial charge on any atom is -0.733 e. The van der Waals surface area contributed by atoms with Gasteiger partial charge >= 0.3 is 0 Å². The van der Waals surface area contributed by atoms with E-state index in [0.717, 1.165) is 0 Å². The molecule has 3 N–H and O–H groups in total. The molecule has 6 nitrogen and oxygen atoms in total. The number of nitrogens with one attached hydrogen (secondary N) is 1. The third-order valence-corrected chi connectivity index (χ3v) is 4.15. The standard InChI is InChI=1S/C12H9Cl4N2O4/c1-22-11-5(2-4(13)3-6(11)14)10(19)8-9(18(20)21)7(15)12(16)17-8/h2-3,10,17,19-20H,1H3/q-1. The first-order valence-electron chi connectivity index (χ1n) is 5.71. The molecule has 0 amide bonds. The van der Waals surface area contributed by atoms with Gasteiger partial charge < -0.3 is 25.3 Å². The summed E-state index contributed by atoms with van der Waals surface area (Å²) in [5, 5.41) is 30.4. The van der Waals surface area contributed by atoms with Crippen LogP contribution in [0.1, 0.15) is 17.4 Å². The second-order valence-electron chi connectivity index (χ2n) is 4.20. The SMILES string of the molecule is COc1c(Cl)cc(Cl)cc1C(O)c1[nH]c(Cl)c(Cl)c1N([O-])O. The Labute approximate surface area is 145 Å². The third kappa shape index (κ3) is 3.09. The van der Waals surface area contributed by atoms with Gasteiger partial charge in [0.25, 0.3) is 0 Å². The number of benzene rings is 1. The first kappa shape index (κ1) is 17.5. The molecule has 1 atom stereocenters. The zero-order chi connectivity index (χ0) is 16.6. The summed E-state index contributed by atoms with van der Waals surface area (Å²) in [6.07, 6.45) is -1.45. The van der Waals surface area contributed by atoms with Gasteiger partial charge in [0.1, 0.15) is 22.0 Å².